The van der Waals surface area contributed by atoms with Gasteiger partial charge in [-0.15, -0.1) is 0 Å². The van der Waals surface area contributed by atoms with Gasteiger partial charge in [-0.05, 0) is 56.5 Å². The third kappa shape index (κ3) is 4.87. The number of hydrogen-bond acceptors (Lipinski definition) is 2. The van der Waals surface area contributed by atoms with Crippen LogP contribution in [-0.4, -0.2) is 25.5 Å². The maximum atomic E-state index is 3.62. The summed E-state index contributed by atoms with van der Waals surface area (Å²) < 4.78 is 0. The van der Waals surface area contributed by atoms with Crippen LogP contribution in [0.5, 0.6) is 0 Å². The number of benzene rings is 1. The monoisotopic (exact) mass is 260 g/mol. The molecule has 106 valence electrons. The van der Waals surface area contributed by atoms with Gasteiger partial charge in [0.15, 0.2) is 0 Å². The Kier molecular flexibility index (Phi) is 5.26. The Hall–Kier alpha value is -1.02. The smallest absolute Gasteiger partial charge is 0.0343 e. The molecule has 0 spiro atoms. The zero-order valence-electron chi connectivity index (χ0n) is 12.7. The van der Waals surface area contributed by atoms with Crippen LogP contribution in [0.25, 0.3) is 0 Å². The Morgan fingerprint density at radius 2 is 1.89 bits per heavy atom. The topological polar surface area (TPSA) is 15.3 Å². The largest absolute Gasteiger partial charge is 0.385 e. The fraction of sp³-hybridized carbons (Fsp3) is 0.647. The van der Waals surface area contributed by atoms with Crippen LogP contribution in [0.4, 0.5) is 5.69 Å². The number of anilines is 1. The lowest BCUT2D eigenvalue weighted by Crippen LogP contribution is -2.20. The molecule has 1 fully saturated rings. The van der Waals surface area contributed by atoms with E-state index in [-0.39, 0.29) is 0 Å². The van der Waals surface area contributed by atoms with Gasteiger partial charge < -0.3 is 10.2 Å². The standard InChI is InChI=1S/C17H28N2/c1-14-7-9-15(10-8-14)12-18-17-6-4-5-16(11-17)13-19(2)3/h4-6,11,14-15,18H,7-10,12-13H2,1-3H3. The van der Waals surface area contributed by atoms with Crippen LogP contribution in [0.3, 0.4) is 0 Å². The normalized spacial score (nSPS) is 23.6. The van der Waals surface area contributed by atoms with Crippen molar-refractivity contribution in [3.05, 3.63) is 29.8 Å². The molecule has 1 aliphatic rings. The summed E-state index contributed by atoms with van der Waals surface area (Å²) in [4.78, 5) is 2.21. The molecule has 0 unspecified atom stereocenters. The summed E-state index contributed by atoms with van der Waals surface area (Å²) in [5, 5.41) is 3.62. The lowest BCUT2D eigenvalue weighted by Gasteiger charge is -2.26. The zero-order valence-corrected chi connectivity index (χ0v) is 12.7. The van der Waals surface area contributed by atoms with E-state index in [0.717, 1.165) is 24.9 Å². The van der Waals surface area contributed by atoms with Crippen molar-refractivity contribution in [2.45, 2.75) is 39.2 Å². The molecule has 1 saturated carbocycles. The van der Waals surface area contributed by atoms with Gasteiger partial charge >= 0.3 is 0 Å². The van der Waals surface area contributed by atoms with E-state index in [1.165, 1.54) is 36.9 Å². The van der Waals surface area contributed by atoms with E-state index in [4.69, 9.17) is 0 Å². The second-order valence-corrected chi connectivity index (χ2v) is 6.44. The Bertz CT molecular complexity index is 379. The van der Waals surface area contributed by atoms with Gasteiger partial charge in [-0.3, -0.25) is 0 Å². The lowest BCUT2D eigenvalue weighted by atomic mass is 9.83. The van der Waals surface area contributed by atoms with Crippen molar-refractivity contribution < 1.29 is 0 Å². The quantitative estimate of drug-likeness (QED) is 0.861. The molecule has 0 aliphatic heterocycles. The molecule has 0 atom stereocenters. The number of nitrogens with one attached hydrogen (secondary N) is 1. The third-order valence-electron chi connectivity index (χ3n) is 4.16. The van der Waals surface area contributed by atoms with E-state index in [9.17, 15) is 0 Å². The van der Waals surface area contributed by atoms with Crippen LogP contribution in [0.15, 0.2) is 24.3 Å². The van der Waals surface area contributed by atoms with Crippen LogP contribution in [0, 0.1) is 11.8 Å². The molecule has 19 heavy (non-hydrogen) atoms. The van der Waals surface area contributed by atoms with Crippen molar-refractivity contribution in [1.29, 1.82) is 0 Å². The predicted octanol–water partition coefficient (Wildman–Crippen LogP) is 3.99. The summed E-state index contributed by atoms with van der Waals surface area (Å²) in [5.74, 6) is 1.81. The highest BCUT2D eigenvalue weighted by Crippen LogP contribution is 2.28. The maximum Gasteiger partial charge on any atom is 0.0343 e. The van der Waals surface area contributed by atoms with E-state index in [1.54, 1.807) is 0 Å². The molecule has 1 N–H and O–H groups in total. The van der Waals surface area contributed by atoms with Crippen molar-refractivity contribution >= 4 is 5.69 Å². The highest BCUT2D eigenvalue weighted by molar-refractivity contribution is 5.45. The fourth-order valence-electron chi connectivity index (χ4n) is 2.94. The summed E-state index contributed by atoms with van der Waals surface area (Å²) in [7, 11) is 4.23. The highest BCUT2D eigenvalue weighted by Gasteiger charge is 2.17. The average molecular weight is 260 g/mol. The molecule has 0 radical (unpaired) electrons. The Labute approximate surface area is 118 Å². The molecule has 2 heteroatoms. The fourth-order valence-corrected chi connectivity index (χ4v) is 2.94. The molecule has 0 amide bonds. The SMILES string of the molecule is CC1CCC(CNc2cccc(CN(C)C)c2)CC1. The van der Waals surface area contributed by atoms with Gasteiger partial charge in [0.1, 0.15) is 0 Å². The van der Waals surface area contributed by atoms with E-state index in [2.05, 4.69) is 55.5 Å². The first-order valence-corrected chi connectivity index (χ1v) is 7.61. The van der Waals surface area contributed by atoms with Crippen LogP contribution >= 0.6 is 0 Å². The lowest BCUT2D eigenvalue weighted by molar-refractivity contribution is 0.300. The van der Waals surface area contributed by atoms with Crippen LogP contribution < -0.4 is 5.32 Å². The molecule has 2 rings (SSSR count). The minimum atomic E-state index is 0.869. The van der Waals surface area contributed by atoms with Crippen LogP contribution in [0.2, 0.25) is 0 Å². The van der Waals surface area contributed by atoms with Gasteiger partial charge in [-0.25, -0.2) is 0 Å². The second kappa shape index (κ2) is 6.95. The molecular formula is C17H28N2. The first-order chi connectivity index (χ1) is 9.13. The van der Waals surface area contributed by atoms with E-state index in [1.807, 2.05) is 0 Å². The van der Waals surface area contributed by atoms with Crippen LogP contribution in [-0.2, 0) is 6.54 Å². The molecule has 1 aromatic carbocycles. The predicted molar refractivity (Wildman–Crippen MR) is 83.4 cm³/mol. The van der Waals surface area contributed by atoms with Crippen molar-refractivity contribution in [2.75, 3.05) is 26.0 Å². The summed E-state index contributed by atoms with van der Waals surface area (Å²) in [5.41, 5.74) is 2.66. The van der Waals surface area contributed by atoms with Gasteiger partial charge in [-0.2, -0.15) is 0 Å². The molecular weight excluding hydrogens is 232 g/mol. The third-order valence-corrected chi connectivity index (χ3v) is 4.16. The van der Waals surface area contributed by atoms with Gasteiger partial charge in [0.2, 0.25) is 0 Å². The minimum Gasteiger partial charge on any atom is -0.385 e. The summed E-state index contributed by atoms with van der Waals surface area (Å²) >= 11 is 0. The van der Waals surface area contributed by atoms with E-state index < -0.39 is 0 Å². The minimum absolute atomic E-state index is 0.869. The van der Waals surface area contributed by atoms with Gasteiger partial charge in [0, 0.05) is 18.8 Å². The molecule has 0 heterocycles. The summed E-state index contributed by atoms with van der Waals surface area (Å²) in [6.07, 6.45) is 5.61. The molecule has 1 aliphatic carbocycles. The van der Waals surface area contributed by atoms with E-state index >= 15 is 0 Å². The zero-order chi connectivity index (χ0) is 13.7. The number of rotatable bonds is 5. The molecule has 0 bridgehead atoms. The molecule has 1 aromatic rings. The Balaban J connectivity index is 1.82. The Morgan fingerprint density at radius 3 is 2.58 bits per heavy atom. The van der Waals surface area contributed by atoms with Crippen molar-refractivity contribution in [3.63, 3.8) is 0 Å². The molecule has 0 saturated heterocycles. The Morgan fingerprint density at radius 1 is 1.16 bits per heavy atom. The van der Waals surface area contributed by atoms with Gasteiger partial charge in [0.05, 0.1) is 0 Å². The van der Waals surface area contributed by atoms with Gasteiger partial charge in [-0.1, -0.05) is 31.9 Å². The van der Waals surface area contributed by atoms with Crippen molar-refractivity contribution in [3.8, 4) is 0 Å². The number of nitrogens with zero attached hydrogens (tertiary/aromatic N) is 1. The highest BCUT2D eigenvalue weighted by atomic mass is 15.0. The summed E-state index contributed by atoms with van der Waals surface area (Å²) in [6, 6.07) is 8.83. The maximum absolute atomic E-state index is 3.62. The van der Waals surface area contributed by atoms with Crippen LogP contribution in [0.1, 0.15) is 38.2 Å². The number of hydrogen-bond donors (Lipinski definition) is 1. The van der Waals surface area contributed by atoms with Crippen molar-refractivity contribution in [2.24, 2.45) is 11.8 Å². The molecule has 2 nitrogen and oxygen atoms in total. The second-order valence-electron chi connectivity index (χ2n) is 6.44. The molecule has 0 aromatic heterocycles. The summed E-state index contributed by atoms with van der Waals surface area (Å²) in [6.45, 7) is 4.53. The first kappa shape index (κ1) is 14.4. The van der Waals surface area contributed by atoms with Crippen molar-refractivity contribution in [1.82, 2.24) is 4.90 Å². The van der Waals surface area contributed by atoms with E-state index in [0.29, 0.717) is 0 Å². The first-order valence-electron chi connectivity index (χ1n) is 7.61. The van der Waals surface area contributed by atoms with Gasteiger partial charge in [0.25, 0.3) is 0 Å². The average Bonchev–Trinajstić information content (AvgIpc) is 2.38.